The van der Waals surface area contributed by atoms with Crippen LogP contribution < -0.4 is 11.3 Å². The maximum absolute atomic E-state index is 5.68. The topological polar surface area (TPSA) is 47.3 Å². The number of hydrazine groups is 1. The molecule has 1 aliphatic rings. The highest BCUT2D eigenvalue weighted by Crippen LogP contribution is 2.26. The number of hydrogen-bond donors (Lipinski definition) is 2. The first-order valence-electron chi connectivity index (χ1n) is 6.61. The van der Waals surface area contributed by atoms with Gasteiger partial charge in [-0.15, -0.1) is 0 Å². The summed E-state index contributed by atoms with van der Waals surface area (Å²) in [7, 11) is 0. The van der Waals surface area contributed by atoms with Gasteiger partial charge in [0.1, 0.15) is 11.8 Å². The van der Waals surface area contributed by atoms with Crippen LogP contribution in [0.4, 0.5) is 0 Å². The Labute approximate surface area is 109 Å². The second kappa shape index (κ2) is 6.03. The van der Waals surface area contributed by atoms with Gasteiger partial charge in [-0.2, -0.15) is 0 Å². The van der Waals surface area contributed by atoms with E-state index in [-0.39, 0.29) is 6.04 Å². The maximum Gasteiger partial charge on any atom is 0.115 e. The Kier molecular flexibility index (Phi) is 4.39. The second-order valence-corrected chi connectivity index (χ2v) is 5.02. The largest absolute Gasteiger partial charge is 0.496 e. The van der Waals surface area contributed by atoms with Gasteiger partial charge < -0.3 is 4.74 Å². The van der Waals surface area contributed by atoms with Crippen molar-refractivity contribution in [2.45, 2.75) is 38.6 Å². The Bertz CT molecular complexity index is 409. The summed E-state index contributed by atoms with van der Waals surface area (Å²) in [6.07, 6.45) is 4.29. The first-order chi connectivity index (χ1) is 8.72. The number of ether oxygens (including phenoxy) is 1. The molecular formula is C15H22N2O. The highest BCUT2D eigenvalue weighted by Gasteiger charge is 2.18. The van der Waals surface area contributed by atoms with Crippen LogP contribution in [-0.4, -0.2) is 6.61 Å². The minimum Gasteiger partial charge on any atom is -0.496 e. The fourth-order valence-corrected chi connectivity index (χ4v) is 2.19. The molecule has 0 saturated carbocycles. The Morgan fingerprint density at radius 1 is 1.17 bits per heavy atom. The van der Waals surface area contributed by atoms with E-state index in [1.54, 1.807) is 0 Å². The molecule has 0 amide bonds. The van der Waals surface area contributed by atoms with Gasteiger partial charge in [0.2, 0.25) is 0 Å². The molecule has 0 fully saturated rings. The SMILES string of the molecule is CC(C)c1ccc(C(NN)C2=CCCCO2)cc1. The van der Waals surface area contributed by atoms with Crippen LogP contribution >= 0.6 is 0 Å². The van der Waals surface area contributed by atoms with Crippen molar-refractivity contribution in [1.82, 2.24) is 5.43 Å². The van der Waals surface area contributed by atoms with Crippen LogP contribution in [0, 0.1) is 0 Å². The fourth-order valence-electron chi connectivity index (χ4n) is 2.19. The first kappa shape index (κ1) is 13.1. The second-order valence-electron chi connectivity index (χ2n) is 5.02. The van der Waals surface area contributed by atoms with Gasteiger partial charge in [0.25, 0.3) is 0 Å². The Morgan fingerprint density at radius 3 is 2.33 bits per heavy atom. The van der Waals surface area contributed by atoms with E-state index in [1.165, 1.54) is 5.56 Å². The lowest BCUT2D eigenvalue weighted by Gasteiger charge is -2.23. The molecule has 1 aromatic carbocycles. The van der Waals surface area contributed by atoms with Crippen molar-refractivity contribution in [2.24, 2.45) is 5.84 Å². The summed E-state index contributed by atoms with van der Waals surface area (Å²) in [4.78, 5) is 0. The smallest absolute Gasteiger partial charge is 0.115 e. The predicted octanol–water partition coefficient (Wildman–Crippen LogP) is 3.01. The minimum atomic E-state index is -0.0356. The minimum absolute atomic E-state index is 0.0356. The average Bonchev–Trinajstić information content (AvgIpc) is 2.41. The fraction of sp³-hybridized carbons (Fsp3) is 0.467. The van der Waals surface area contributed by atoms with Gasteiger partial charge in [-0.3, -0.25) is 5.84 Å². The Morgan fingerprint density at radius 2 is 1.83 bits per heavy atom. The zero-order valence-corrected chi connectivity index (χ0v) is 11.1. The molecule has 3 nitrogen and oxygen atoms in total. The number of hydrogen-bond acceptors (Lipinski definition) is 3. The molecule has 0 spiro atoms. The van der Waals surface area contributed by atoms with Crippen molar-refractivity contribution in [3.8, 4) is 0 Å². The number of rotatable bonds is 4. The van der Waals surface area contributed by atoms with Crippen LogP contribution in [0.5, 0.6) is 0 Å². The van der Waals surface area contributed by atoms with Crippen molar-refractivity contribution >= 4 is 0 Å². The van der Waals surface area contributed by atoms with Crippen molar-refractivity contribution in [3.05, 3.63) is 47.2 Å². The van der Waals surface area contributed by atoms with E-state index < -0.39 is 0 Å². The van der Waals surface area contributed by atoms with E-state index in [1.807, 2.05) is 0 Å². The first-order valence-corrected chi connectivity index (χ1v) is 6.61. The lowest BCUT2D eigenvalue weighted by molar-refractivity contribution is 0.168. The zero-order valence-electron chi connectivity index (χ0n) is 11.1. The zero-order chi connectivity index (χ0) is 13.0. The van der Waals surface area contributed by atoms with Crippen LogP contribution in [0.25, 0.3) is 0 Å². The molecule has 0 saturated heterocycles. The van der Waals surface area contributed by atoms with Gasteiger partial charge in [-0.1, -0.05) is 38.1 Å². The molecule has 0 aromatic heterocycles. The molecule has 1 aliphatic heterocycles. The molecule has 1 aromatic rings. The number of allylic oxidation sites excluding steroid dienone is 1. The van der Waals surface area contributed by atoms with Gasteiger partial charge in [0.15, 0.2) is 0 Å². The third-order valence-electron chi connectivity index (χ3n) is 3.35. The molecule has 2 rings (SSSR count). The highest BCUT2D eigenvalue weighted by atomic mass is 16.5. The third kappa shape index (κ3) is 2.92. The summed E-state index contributed by atoms with van der Waals surface area (Å²) in [5.41, 5.74) is 5.33. The van der Waals surface area contributed by atoms with E-state index in [0.717, 1.165) is 30.8 Å². The molecule has 1 atom stereocenters. The molecule has 98 valence electrons. The lowest BCUT2D eigenvalue weighted by atomic mass is 9.98. The summed E-state index contributed by atoms with van der Waals surface area (Å²) in [5, 5.41) is 0. The number of benzene rings is 1. The molecule has 0 aliphatic carbocycles. The molecule has 1 unspecified atom stereocenters. The van der Waals surface area contributed by atoms with Gasteiger partial charge in [-0.25, -0.2) is 5.43 Å². The quantitative estimate of drug-likeness (QED) is 0.634. The van der Waals surface area contributed by atoms with Crippen LogP contribution in [0.2, 0.25) is 0 Å². The lowest BCUT2D eigenvalue weighted by Crippen LogP contribution is -2.31. The average molecular weight is 246 g/mol. The Hall–Kier alpha value is -1.32. The van der Waals surface area contributed by atoms with Crippen molar-refractivity contribution < 1.29 is 4.74 Å². The molecule has 3 N–H and O–H groups in total. The molecule has 3 heteroatoms. The molecule has 0 radical (unpaired) electrons. The van der Waals surface area contributed by atoms with Crippen LogP contribution in [0.15, 0.2) is 36.1 Å². The van der Waals surface area contributed by atoms with Gasteiger partial charge in [0, 0.05) is 0 Å². The van der Waals surface area contributed by atoms with E-state index >= 15 is 0 Å². The summed E-state index contributed by atoms with van der Waals surface area (Å²) in [6.45, 7) is 5.18. The standard InChI is InChI=1S/C15H22N2O/c1-11(2)12-6-8-13(9-7-12)15(17-16)14-5-3-4-10-18-14/h5-9,11,15,17H,3-4,10,16H2,1-2H3. The normalized spacial score (nSPS) is 17.2. The maximum atomic E-state index is 5.68. The van der Waals surface area contributed by atoms with E-state index in [2.05, 4.69) is 49.6 Å². The van der Waals surface area contributed by atoms with E-state index in [0.29, 0.717) is 5.92 Å². The number of nitrogens with two attached hydrogens (primary N) is 1. The molecule has 0 bridgehead atoms. The van der Waals surface area contributed by atoms with Crippen LogP contribution in [-0.2, 0) is 4.74 Å². The summed E-state index contributed by atoms with van der Waals surface area (Å²) < 4.78 is 5.68. The van der Waals surface area contributed by atoms with Crippen LogP contribution in [0.3, 0.4) is 0 Å². The van der Waals surface area contributed by atoms with Crippen molar-refractivity contribution in [2.75, 3.05) is 6.61 Å². The van der Waals surface area contributed by atoms with E-state index in [9.17, 15) is 0 Å². The van der Waals surface area contributed by atoms with Crippen molar-refractivity contribution in [1.29, 1.82) is 0 Å². The van der Waals surface area contributed by atoms with Gasteiger partial charge >= 0.3 is 0 Å². The van der Waals surface area contributed by atoms with Gasteiger partial charge in [0.05, 0.1) is 6.61 Å². The summed E-state index contributed by atoms with van der Waals surface area (Å²) in [6, 6.07) is 8.53. The molecule has 18 heavy (non-hydrogen) atoms. The predicted molar refractivity (Wildman–Crippen MR) is 73.9 cm³/mol. The monoisotopic (exact) mass is 246 g/mol. The number of nitrogens with one attached hydrogen (secondary N) is 1. The summed E-state index contributed by atoms with van der Waals surface area (Å²) >= 11 is 0. The summed E-state index contributed by atoms with van der Waals surface area (Å²) in [5.74, 6) is 7.16. The van der Waals surface area contributed by atoms with Crippen LogP contribution in [0.1, 0.15) is 49.8 Å². The van der Waals surface area contributed by atoms with Crippen molar-refractivity contribution in [3.63, 3.8) is 0 Å². The molecule has 1 heterocycles. The third-order valence-corrected chi connectivity index (χ3v) is 3.35. The Balaban J connectivity index is 2.19. The van der Waals surface area contributed by atoms with Gasteiger partial charge in [-0.05, 0) is 36.0 Å². The van der Waals surface area contributed by atoms with E-state index in [4.69, 9.17) is 10.6 Å². The molecular weight excluding hydrogens is 224 g/mol. The highest BCUT2D eigenvalue weighted by molar-refractivity contribution is 5.30.